The molecule has 1 aliphatic carbocycles. The van der Waals surface area contributed by atoms with Crippen molar-refractivity contribution in [2.24, 2.45) is 17.1 Å². The molecule has 1 aromatic rings. The summed E-state index contributed by atoms with van der Waals surface area (Å²) in [5, 5.41) is 3.49. The maximum atomic E-state index is 11.2. The highest BCUT2D eigenvalue weighted by atomic mass is 16.1. The van der Waals surface area contributed by atoms with Crippen molar-refractivity contribution < 1.29 is 4.79 Å². The fourth-order valence-corrected chi connectivity index (χ4v) is 3.60. The SMILES string of the molecule is CC(C)CC1(CNc2ccc(C(N)=O)cc2N)CCCC1. The molecule has 0 aliphatic heterocycles. The Kier molecular flexibility index (Phi) is 4.76. The number of amides is 1. The first-order valence-corrected chi connectivity index (χ1v) is 7.85. The van der Waals surface area contributed by atoms with Crippen molar-refractivity contribution in [2.75, 3.05) is 17.6 Å². The van der Waals surface area contributed by atoms with Crippen LogP contribution in [0.15, 0.2) is 18.2 Å². The Morgan fingerprint density at radius 1 is 1.33 bits per heavy atom. The Labute approximate surface area is 127 Å². The summed E-state index contributed by atoms with van der Waals surface area (Å²) in [5.41, 5.74) is 13.6. The van der Waals surface area contributed by atoms with E-state index in [-0.39, 0.29) is 0 Å². The van der Waals surface area contributed by atoms with Crippen molar-refractivity contribution in [3.8, 4) is 0 Å². The van der Waals surface area contributed by atoms with E-state index >= 15 is 0 Å². The van der Waals surface area contributed by atoms with Crippen LogP contribution in [0.4, 0.5) is 11.4 Å². The first-order chi connectivity index (χ1) is 9.92. The van der Waals surface area contributed by atoms with E-state index in [0.717, 1.165) is 12.2 Å². The Morgan fingerprint density at radius 3 is 2.52 bits per heavy atom. The molecule has 0 bridgehead atoms. The highest BCUT2D eigenvalue weighted by molar-refractivity contribution is 5.94. The summed E-state index contributed by atoms with van der Waals surface area (Å²) in [4.78, 5) is 11.2. The van der Waals surface area contributed by atoms with E-state index in [4.69, 9.17) is 11.5 Å². The quantitative estimate of drug-likeness (QED) is 0.702. The smallest absolute Gasteiger partial charge is 0.248 e. The van der Waals surface area contributed by atoms with Crippen molar-refractivity contribution in [3.63, 3.8) is 0 Å². The molecular formula is C17H27N3O. The van der Waals surface area contributed by atoms with Crippen LogP contribution < -0.4 is 16.8 Å². The zero-order valence-electron chi connectivity index (χ0n) is 13.1. The standard InChI is InChI=1S/C17H27N3O/c1-12(2)10-17(7-3-4-8-17)11-20-15-6-5-13(16(19)21)9-14(15)18/h5-6,9,12,20H,3-4,7-8,10-11,18H2,1-2H3,(H2,19,21). The van der Waals surface area contributed by atoms with Crippen LogP contribution in [0.1, 0.15) is 56.3 Å². The maximum Gasteiger partial charge on any atom is 0.248 e. The van der Waals surface area contributed by atoms with Gasteiger partial charge >= 0.3 is 0 Å². The van der Waals surface area contributed by atoms with Gasteiger partial charge in [-0.1, -0.05) is 26.7 Å². The normalized spacial score (nSPS) is 17.1. The molecule has 116 valence electrons. The molecule has 0 atom stereocenters. The lowest BCUT2D eigenvalue weighted by atomic mass is 9.78. The minimum absolute atomic E-state index is 0.392. The molecule has 0 aromatic heterocycles. The van der Waals surface area contributed by atoms with E-state index in [1.807, 2.05) is 6.07 Å². The lowest BCUT2D eigenvalue weighted by Gasteiger charge is -2.32. The van der Waals surface area contributed by atoms with Crippen LogP contribution in [0.25, 0.3) is 0 Å². The Balaban J connectivity index is 2.06. The lowest BCUT2D eigenvalue weighted by molar-refractivity contribution is 0.100. The number of nitrogen functional groups attached to an aromatic ring is 1. The minimum atomic E-state index is -0.444. The van der Waals surface area contributed by atoms with Gasteiger partial charge in [-0.2, -0.15) is 0 Å². The number of carbonyl (C=O) groups excluding carboxylic acids is 1. The van der Waals surface area contributed by atoms with Crippen LogP contribution in [0, 0.1) is 11.3 Å². The Morgan fingerprint density at radius 2 is 2.00 bits per heavy atom. The van der Waals surface area contributed by atoms with Gasteiger partial charge in [-0.15, -0.1) is 0 Å². The second-order valence-corrected chi connectivity index (χ2v) is 6.82. The summed E-state index contributed by atoms with van der Waals surface area (Å²) in [6, 6.07) is 5.23. The number of anilines is 2. The van der Waals surface area contributed by atoms with Gasteiger partial charge in [-0.3, -0.25) is 4.79 Å². The zero-order valence-corrected chi connectivity index (χ0v) is 13.1. The number of nitrogens with two attached hydrogens (primary N) is 2. The molecule has 0 spiro atoms. The van der Waals surface area contributed by atoms with Crippen LogP contribution in [0.3, 0.4) is 0 Å². The van der Waals surface area contributed by atoms with Crippen LogP contribution in [-0.2, 0) is 0 Å². The average molecular weight is 289 g/mol. The fraction of sp³-hybridized carbons (Fsp3) is 0.588. The van der Waals surface area contributed by atoms with Crippen LogP contribution in [-0.4, -0.2) is 12.5 Å². The van der Waals surface area contributed by atoms with Crippen molar-refractivity contribution >= 4 is 17.3 Å². The summed E-state index contributed by atoms with van der Waals surface area (Å²) >= 11 is 0. The summed E-state index contributed by atoms with van der Waals surface area (Å²) < 4.78 is 0. The van der Waals surface area contributed by atoms with Gasteiger partial charge in [0.05, 0.1) is 11.4 Å². The lowest BCUT2D eigenvalue weighted by Crippen LogP contribution is -2.28. The highest BCUT2D eigenvalue weighted by Gasteiger charge is 2.34. The number of hydrogen-bond acceptors (Lipinski definition) is 3. The molecule has 1 amide bonds. The average Bonchev–Trinajstić information content (AvgIpc) is 2.85. The third kappa shape index (κ3) is 3.90. The molecule has 21 heavy (non-hydrogen) atoms. The van der Waals surface area contributed by atoms with Gasteiger partial charge in [0.2, 0.25) is 5.91 Å². The topological polar surface area (TPSA) is 81.1 Å². The van der Waals surface area contributed by atoms with E-state index < -0.39 is 5.91 Å². The molecule has 0 unspecified atom stereocenters. The molecule has 1 saturated carbocycles. The zero-order chi connectivity index (χ0) is 15.5. The van der Waals surface area contributed by atoms with Gasteiger partial charge < -0.3 is 16.8 Å². The van der Waals surface area contributed by atoms with Crippen LogP contribution in [0.2, 0.25) is 0 Å². The van der Waals surface area contributed by atoms with Crippen molar-refractivity contribution in [3.05, 3.63) is 23.8 Å². The monoisotopic (exact) mass is 289 g/mol. The van der Waals surface area contributed by atoms with E-state index in [0.29, 0.717) is 22.6 Å². The van der Waals surface area contributed by atoms with Gasteiger partial charge in [0.1, 0.15) is 0 Å². The van der Waals surface area contributed by atoms with E-state index in [1.165, 1.54) is 32.1 Å². The number of carbonyl (C=O) groups is 1. The molecule has 1 fully saturated rings. The predicted molar refractivity (Wildman–Crippen MR) is 88.2 cm³/mol. The summed E-state index contributed by atoms with van der Waals surface area (Å²) in [5.74, 6) is 0.264. The van der Waals surface area contributed by atoms with Crippen molar-refractivity contribution in [1.82, 2.24) is 0 Å². The highest BCUT2D eigenvalue weighted by Crippen LogP contribution is 2.43. The molecule has 4 heteroatoms. The molecule has 4 nitrogen and oxygen atoms in total. The fourth-order valence-electron chi connectivity index (χ4n) is 3.60. The van der Waals surface area contributed by atoms with Crippen LogP contribution in [0.5, 0.6) is 0 Å². The molecule has 0 radical (unpaired) electrons. The summed E-state index contributed by atoms with van der Waals surface area (Å²) in [7, 11) is 0. The minimum Gasteiger partial charge on any atom is -0.397 e. The second-order valence-electron chi connectivity index (χ2n) is 6.82. The van der Waals surface area contributed by atoms with E-state index in [2.05, 4.69) is 19.2 Å². The maximum absolute atomic E-state index is 11.2. The van der Waals surface area contributed by atoms with Gasteiger partial charge in [0, 0.05) is 12.1 Å². The first kappa shape index (κ1) is 15.7. The summed E-state index contributed by atoms with van der Waals surface area (Å²) in [6.45, 7) is 5.53. The number of hydrogen-bond donors (Lipinski definition) is 3. The number of primary amides is 1. The third-order valence-corrected chi connectivity index (χ3v) is 4.50. The van der Waals surface area contributed by atoms with Crippen molar-refractivity contribution in [2.45, 2.75) is 46.0 Å². The number of nitrogens with one attached hydrogen (secondary N) is 1. The first-order valence-electron chi connectivity index (χ1n) is 7.85. The number of rotatable bonds is 6. The molecule has 1 aromatic carbocycles. The molecule has 1 aliphatic rings. The van der Waals surface area contributed by atoms with Gasteiger partial charge in [0.25, 0.3) is 0 Å². The van der Waals surface area contributed by atoms with Crippen LogP contribution >= 0.6 is 0 Å². The van der Waals surface area contributed by atoms with E-state index in [1.54, 1.807) is 12.1 Å². The second kappa shape index (κ2) is 6.37. The van der Waals surface area contributed by atoms with E-state index in [9.17, 15) is 4.79 Å². The van der Waals surface area contributed by atoms with Gasteiger partial charge in [0.15, 0.2) is 0 Å². The summed E-state index contributed by atoms with van der Waals surface area (Å²) in [6.07, 6.45) is 6.48. The molecule has 0 saturated heterocycles. The predicted octanol–water partition coefficient (Wildman–Crippen LogP) is 3.39. The molecule has 5 N–H and O–H groups in total. The van der Waals surface area contributed by atoms with Gasteiger partial charge in [-0.05, 0) is 48.8 Å². The third-order valence-electron chi connectivity index (χ3n) is 4.50. The molecular weight excluding hydrogens is 262 g/mol. The molecule has 2 rings (SSSR count). The largest absolute Gasteiger partial charge is 0.397 e. The Hall–Kier alpha value is -1.71. The van der Waals surface area contributed by atoms with Gasteiger partial charge in [-0.25, -0.2) is 0 Å². The van der Waals surface area contributed by atoms with Crippen molar-refractivity contribution in [1.29, 1.82) is 0 Å². The number of benzene rings is 1. The Bertz CT molecular complexity index is 505. The molecule has 0 heterocycles.